The smallest absolute Gasteiger partial charge is 0.327 e. The van der Waals surface area contributed by atoms with Crippen LogP contribution in [0.2, 0.25) is 0 Å². The van der Waals surface area contributed by atoms with E-state index in [2.05, 4.69) is 5.16 Å². The third kappa shape index (κ3) is 4.50. The van der Waals surface area contributed by atoms with Gasteiger partial charge in [-0.25, -0.2) is 8.42 Å². The van der Waals surface area contributed by atoms with Crippen LogP contribution in [0.5, 0.6) is 0 Å². The second kappa shape index (κ2) is 8.37. The summed E-state index contributed by atoms with van der Waals surface area (Å²) in [4.78, 5) is 17.8. The molecule has 3 rings (SSSR count). The van der Waals surface area contributed by atoms with Crippen molar-refractivity contribution in [2.75, 3.05) is 12.9 Å². The third-order valence-electron chi connectivity index (χ3n) is 5.20. The number of carbonyl (C=O) groups is 1. The number of carbonyl (C=O) groups excluding carboxylic acids is 1. The minimum atomic E-state index is -3.70. The summed E-state index contributed by atoms with van der Waals surface area (Å²) in [5.41, 5.74) is 3.86. The van der Waals surface area contributed by atoms with E-state index in [4.69, 9.17) is 9.57 Å². The number of benzene rings is 2. The van der Waals surface area contributed by atoms with Gasteiger partial charge in [0.05, 0.1) is 12.3 Å². The second-order valence-electron chi connectivity index (χ2n) is 7.34. The Hall–Kier alpha value is -2.67. The number of sulfone groups is 1. The average Bonchev–Trinajstić information content (AvgIpc) is 3.16. The average molecular weight is 416 g/mol. The van der Waals surface area contributed by atoms with Crippen molar-refractivity contribution >= 4 is 21.5 Å². The lowest BCUT2D eigenvalue weighted by atomic mass is 9.96. The summed E-state index contributed by atoms with van der Waals surface area (Å²) in [6, 6.07) is 18.0. The molecule has 0 bridgehead atoms. The maximum atomic E-state index is 12.3. The molecule has 6 nitrogen and oxygen atoms in total. The van der Waals surface area contributed by atoms with E-state index in [9.17, 15) is 13.2 Å². The molecule has 0 aliphatic carbocycles. The summed E-state index contributed by atoms with van der Waals surface area (Å²) in [5.74, 6) is -0.758. The topological polar surface area (TPSA) is 82.0 Å². The van der Waals surface area contributed by atoms with Gasteiger partial charge in [0.2, 0.25) is 0 Å². The molecule has 2 unspecified atom stereocenters. The van der Waals surface area contributed by atoms with Crippen molar-refractivity contribution in [3.63, 3.8) is 0 Å². The lowest BCUT2D eigenvalue weighted by Crippen LogP contribution is -2.47. The summed E-state index contributed by atoms with van der Waals surface area (Å²) in [5, 5.41) is 4.13. The first-order valence-corrected chi connectivity index (χ1v) is 11.4. The maximum absolute atomic E-state index is 12.3. The molecule has 1 aliphatic rings. The van der Waals surface area contributed by atoms with Gasteiger partial charge in [-0.05, 0) is 30.5 Å². The van der Waals surface area contributed by atoms with Crippen LogP contribution in [-0.4, -0.2) is 43.8 Å². The van der Waals surface area contributed by atoms with Crippen LogP contribution in [0.15, 0.2) is 59.8 Å². The van der Waals surface area contributed by atoms with Gasteiger partial charge in [-0.3, -0.25) is 4.79 Å². The molecular formula is C22H25NO5S. The van der Waals surface area contributed by atoms with E-state index in [-0.39, 0.29) is 13.0 Å². The van der Waals surface area contributed by atoms with Gasteiger partial charge in [0.1, 0.15) is 6.10 Å². The van der Waals surface area contributed by atoms with E-state index in [1.807, 2.05) is 54.6 Å². The Morgan fingerprint density at radius 3 is 2.28 bits per heavy atom. The fourth-order valence-electron chi connectivity index (χ4n) is 3.30. The summed E-state index contributed by atoms with van der Waals surface area (Å²) in [6.45, 7) is 3.15. The van der Waals surface area contributed by atoms with Crippen LogP contribution in [0.4, 0.5) is 0 Å². The second-order valence-corrected chi connectivity index (χ2v) is 9.79. The molecule has 1 heterocycles. The van der Waals surface area contributed by atoms with Crippen LogP contribution < -0.4 is 0 Å². The molecule has 0 spiro atoms. The SMILES string of the molecule is CCOC(=O)C(C)(CC1CC(c2ccc(-c3ccccc3)cc2)=NO1)S(C)(=O)=O. The molecule has 0 saturated carbocycles. The number of ether oxygens (including phenoxy) is 1. The summed E-state index contributed by atoms with van der Waals surface area (Å²) < 4.78 is 27.9. The van der Waals surface area contributed by atoms with Gasteiger partial charge in [0.15, 0.2) is 14.6 Å². The van der Waals surface area contributed by atoms with Gasteiger partial charge in [0.25, 0.3) is 0 Å². The molecule has 0 fully saturated rings. The summed E-state index contributed by atoms with van der Waals surface area (Å²) >= 11 is 0. The molecule has 0 amide bonds. The van der Waals surface area contributed by atoms with Gasteiger partial charge >= 0.3 is 5.97 Å². The predicted molar refractivity (Wildman–Crippen MR) is 112 cm³/mol. The molecule has 7 heteroatoms. The molecular weight excluding hydrogens is 390 g/mol. The highest BCUT2D eigenvalue weighted by Crippen LogP contribution is 2.30. The maximum Gasteiger partial charge on any atom is 0.327 e. The largest absolute Gasteiger partial charge is 0.465 e. The Balaban J connectivity index is 1.71. The highest BCUT2D eigenvalue weighted by atomic mass is 32.2. The highest BCUT2D eigenvalue weighted by molar-refractivity contribution is 7.92. The molecule has 154 valence electrons. The predicted octanol–water partition coefficient (Wildman–Crippen LogP) is 3.60. The monoisotopic (exact) mass is 415 g/mol. The van der Waals surface area contributed by atoms with Crippen LogP contribution in [0.3, 0.4) is 0 Å². The van der Waals surface area contributed by atoms with Gasteiger partial charge in [0, 0.05) is 19.1 Å². The highest BCUT2D eigenvalue weighted by Gasteiger charge is 2.48. The zero-order chi connectivity index (χ0) is 21.1. The van der Waals surface area contributed by atoms with Crippen molar-refractivity contribution in [1.82, 2.24) is 0 Å². The minimum absolute atomic E-state index is 0.0141. The van der Waals surface area contributed by atoms with Crippen LogP contribution in [-0.2, 0) is 24.2 Å². The first-order chi connectivity index (χ1) is 13.7. The van der Waals surface area contributed by atoms with Crippen molar-refractivity contribution in [2.24, 2.45) is 5.16 Å². The van der Waals surface area contributed by atoms with Crippen LogP contribution in [0.25, 0.3) is 11.1 Å². The van der Waals surface area contributed by atoms with Crippen LogP contribution in [0, 0.1) is 0 Å². The fraction of sp³-hybridized carbons (Fsp3) is 0.364. The number of esters is 1. The Morgan fingerprint density at radius 1 is 1.10 bits per heavy atom. The number of oxime groups is 1. The van der Waals surface area contributed by atoms with Crippen molar-refractivity contribution in [3.05, 3.63) is 60.2 Å². The third-order valence-corrected chi connectivity index (χ3v) is 7.17. The van der Waals surface area contributed by atoms with E-state index >= 15 is 0 Å². The van der Waals surface area contributed by atoms with Crippen molar-refractivity contribution in [2.45, 2.75) is 37.5 Å². The Morgan fingerprint density at radius 2 is 1.69 bits per heavy atom. The molecule has 0 radical (unpaired) electrons. The molecule has 0 aromatic heterocycles. The number of hydrogen-bond donors (Lipinski definition) is 0. The van der Waals surface area contributed by atoms with Crippen molar-refractivity contribution < 1.29 is 22.8 Å². The van der Waals surface area contributed by atoms with Crippen LogP contribution >= 0.6 is 0 Å². The first kappa shape index (κ1) is 21.0. The van der Waals surface area contributed by atoms with E-state index in [0.717, 1.165) is 28.7 Å². The molecule has 0 saturated heterocycles. The molecule has 2 atom stereocenters. The molecule has 2 aromatic carbocycles. The first-order valence-electron chi connectivity index (χ1n) is 9.50. The summed E-state index contributed by atoms with van der Waals surface area (Å²) in [6.07, 6.45) is 0.945. The normalized spacial score (nSPS) is 18.4. The Labute approximate surface area is 171 Å². The molecule has 1 aliphatic heterocycles. The fourth-order valence-corrected chi connectivity index (χ4v) is 4.15. The standard InChI is InChI=1S/C22H25NO5S/c1-4-27-21(24)22(2,29(3,25)26)15-19-14-20(23-28-19)18-12-10-17(11-13-18)16-8-6-5-7-9-16/h5-13,19H,4,14-15H2,1-3H3. The molecule has 2 aromatic rings. The molecule has 29 heavy (non-hydrogen) atoms. The number of nitrogens with zero attached hydrogens (tertiary/aromatic N) is 1. The lowest BCUT2D eigenvalue weighted by Gasteiger charge is -2.27. The molecule has 0 N–H and O–H groups in total. The van der Waals surface area contributed by atoms with Crippen molar-refractivity contribution in [1.29, 1.82) is 0 Å². The van der Waals surface area contributed by atoms with E-state index in [1.54, 1.807) is 6.92 Å². The van der Waals surface area contributed by atoms with Gasteiger partial charge in [-0.15, -0.1) is 0 Å². The van der Waals surface area contributed by atoms with E-state index in [0.29, 0.717) is 6.42 Å². The minimum Gasteiger partial charge on any atom is -0.465 e. The van der Waals surface area contributed by atoms with Crippen molar-refractivity contribution in [3.8, 4) is 11.1 Å². The number of hydrogen-bond acceptors (Lipinski definition) is 6. The van der Waals surface area contributed by atoms with E-state index < -0.39 is 26.7 Å². The van der Waals surface area contributed by atoms with Crippen LogP contribution in [0.1, 0.15) is 32.3 Å². The Bertz CT molecular complexity index is 999. The number of rotatable bonds is 7. The summed E-state index contributed by atoms with van der Waals surface area (Å²) in [7, 11) is -3.70. The van der Waals surface area contributed by atoms with Gasteiger partial charge < -0.3 is 9.57 Å². The zero-order valence-electron chi connectivity index (χ0n) is 16.8. The van der Waals surface area contributed by atoms with Gasteiger partial charge in [-0.2, -0.15) is 0 Å². The quantitative estimate of drug-likeness (QED) is 0.645. The van der Waals surface area contributed by atoms with Gasteiger partial charge in [-0.1, -0.05) is 59.8 Å². The van der Waals surface area contributed by atoms with E-state index in [1.165, 1.54) is 6.92 Å². The Kier molecular flexibility index (Phi) is 6.07. The lowest BCUT2D eigenvalue weighted by molar-refractivity contribution is -0.146. The zero-order valence-corrected chi connectivity index (χ0v) is 17.6.